The minimum absolute atomic E-state index is 0.171. The lowest BCUT2D eigenvalue weighted by atomic mass is 9.96. The maximum Gasteiger partial charge on any atom is 0.289 e. The second kappa shape index (κ2) is 11.9. The highest BCUT2D eigenvalue weighted by Crippen LogP contribution is 2.19. The second-order valence-electron chi connectivity index (χ2n) is 7.92. The molecule has 32 heavy (non-hydrogen) atoms. The molecule has 1 aromatic carbocycles. The number of benzene rings is 1. The number of amides is 3. The van der Waals surface area contributed by atoms with Crippen molar-refractivity contribution < 1.29 is 23.5 Å². The van der Waals surface area contributed by atoms with Crippen LogP contribution in [0.15, 0.2) is 47.1 Å². The van der Waals surface area contributed by atoms with Gasteiger partial charge in [0.05, 0.1) is 12.9 Å². The lowest BCUT2D eigenvalue weighted by molar-refractivity contribution is -0.127. The summed E-state index contributed by atoms with van der Waals surface area (Å²) in [6, 6.07) is 10.1. The quantitative estimate of drug-likeness (QED) is 0.458. The Hall–Kier alpha value is -3.29. The molecular weight excluding hydrogens is 410 g/mol. The van der Waals surface area contributed by atoms with E-state index in [1.165, 1.54) is 19.1 Å². The van der Waals surface area contributed by atoms with Gasteiger partial charge in [-0.05, 0) is 55.7 Å². The minimum Gasteiger partial charge on any atom is -0.494 e. The lowest BCUT2D eigenvalue weighted by Crippen LogP contribution is -2.48. The second-order valence-corrected chi connectivity index (χ2v) is 7.92. The number of likely N-dealkylation sites (tertiary alicyclic amines) is 1. The van der Waals surface area contributed by atoms with E-state index >= 15 is 0 Å². The third-order valence-corrected chi connectivity index (χ3v) is 5.57. The van der Waals surface area contributed by atoms with Crippen molar-refractivity contribution in [3.63, 3.8) is 0 Å². The van der Waals surface area contributed by atoms with E-state index < -0.39 is 5.91 Å². The van der Waals surface area contributed by atoms with Crippen LogP contribution in [0.5, 0.6) is 5.75 Å². The van der Waals surface area contributed by atoms with Crippen LogP contribution in [0, 0.1) is 5.92 Å². The Morgan fingerprint density at radius 2 is 1.78 bits per heavy atom. The molecule has 1 saturated heterocycles. The van der Waals surface area contributed by atoms with Gasteiger partial charge in [0.15, 0.2) is 5.76 Å². The van der Waals surface area contributed by atoms with Crippen molar-refractivity contribution in [3.05, 3.63) is 54.0 Å². The molecular formula is C24H31N3O5. The fraction of sp³-hybridized carbons (Fsp3) is 0.458. The lowest BCUT2D eigenvalue weighted by Gasteiger charge is -2.30. The summed E-state index contributed by atoms with van der Waals surface area (Å²) in [5.74, 6) is -0.0604. The highest BCUT2D eigenvalue weighted by atomic mass is 16.5. The standard InChI is InChI=1S/C24H31N3O5/c1-2-3-4-5-16-31-20-10-8-18(9-11-20)22(28)25-26-23(29)19-12-14-27(15-13-19)24(30)21-7-6-17-32-21/h6-11,17,19H,2-5,12-16H2,1H3,(H,25,28)(H,26,29). The molecule has 8 heteroatoms. The zero-order chi connectivity index (χ0) is 22.8. The molecule has 3 amide bonds. The third-order valence-electron chi connectivity index (χ3n) is 5.57. The Labute approximate surface area is 188 Å². The van der Waals surface area contributed by atoms with Crippen LogP contribution in [-0.4, -0.2) is 42.3 Å². The van der Waals surface area contributed by atoms with Crippen LogP contribution in [0.25, 0.3) is 0 Å². The van der Waals surface area contributed by atoms with E-state index in [-0.39, 0.29) is 17.7 Å². The summed E-state index contributed by atoms with van der Waals surface area (Å²) in [7, 11) is 0. The van der Waals surface area contributed by atoms with E-state index in [1.54, 1.807) is 41.3 Å². The Morgan fingerprint density at radius 3 is 2.44 bits per heavy atom. The van der Waals surface area contributed by atoms with Gasteiger partial charge in [-0.1, -0.05) is 26.2 Å². The summed E-state index contributed by atoms with van der Waals surface area (Å²) < 4.78 is 10.8. The van der Waals surface area contributed by atoms with Crippen molar-refractivity contribution in [1.82, 2.24) is 15.8 Å². The number of carbonyl (C=O) groups is 3. The van der Waals surface area contributed by atoms with Gasteiger partial charge in [0, 0.05) is 24.6 Å². The van der Waals surface area contributed by atoms with Gasteiger partial charge in [0.2, 0.25) is 5.91 Å². The first-order valence-corrected chi connectivity index (χ1v) is 11.2. The van der Waals surface area contributed by atoms with Gasteiger partial charge in [0.1, 0.15) is 5.75 Å². The molecule has 1 aromatic heterocycles. The first-order valence-electron chi connectivity index (χ1n) is 11.2. The SMILES string of the molecule is CCCCCCOc1ccc(C(=O)NNC(=O)C2CCN(C(=O)c3ccco3)CC2)cc1. The number of rotatable bonds is 9. The van der Waals surface area contributed by atoms with E-state index in [9.17, 15) is 14.4 Å². The fourth-order valence-corrected chi connectivity index (χ4v) is 3.61. The van der Waals surface area contributed by atoms with E-state index in [0.29, 0.717) is 43.9 Å². The van der Waals surface area contributed by atoms with Crippen molar-refractivity contribution in [2.24, 2.45) is 5.92 Å². The van der Waals surface area contributed by atoms with Crippen LogP contribution < -0.4 is 15.6 Å². The molecule has 1 aliphatic heterocycles. The Kier molecular flexibility index (Phi) is 8.71. The average molecular weight is 442 g/mol. The van der Waals surface area contributed by atoms with Crippen LogP contribution >= 0.6 is 0 Å². The number of nitrogens with zero attached hydrogens (tertiary/aromatic N) is 1. The number of nitrogens with one attached hydrogen (secondary N) is 2. The Balaban J connectivity index is 1.37. The molecule has 0 spiro atoms. The van der Waals surface area contributed by atoms with Gasteiger partial charge in [-0.2, -0.15) is 0 Å². The maximum atomic E-state index is 12.4. The molecule has 172 valence electrons. The highest BCUT2D eigenvalue weighted by Gasteiger charge is 2.29. The van der Waals surface area contributed by atoms with Gasteiger partial charge in [-0.3, -0.25) is 25.2 Å². The van der Waals surface area contributed by atoms with E-state index in [2.05, 4.69) is 17.8 Å². The molecule has 1 fully saturated rings. The predicted molar refractivity (Wildman–Crippen MR) is 119 cm³/mol. The van der Waals surface area contributed by atoms with Crippen molar-refractivity contribution >= 4 is 17.7 Å². The summed E-state index contributed by atoms with van der Waals surface area (Å²) in [6.45, 7) is 3.76. The summed E-state index contributed by atoms with van der Waals surface area (Å²) in [5.41, 5.74) is 5.40. The van der Waals surface area contributed by atoms with E-state index in [1.807, 2.05) is 0 Å². The number of unbranched alkanes of at least 4 members (excludes halogenated alkanes) is 3. The van der Waals surface area contributed by atoms with Gasteiger partial charge < -0.3 is 14.1 Å². The zero-order valence-electron chi connectivity index (χ0n) is 18.5. The normalized spacial score (nSPS) is 14.1. The largest absolute Gasteiger partial charge is 0.494 e. The van der Waals surface area contributed by atoms with Crippen molar-refractivity contribution in [2.45, 2.75) is 45.4 Å². The zero-order valence-corrected chi connectivity index (χ0v) is 18.5. The van der Waals surface area contributed by atoms with Crippen LogP contribution in [0.1, 0.15) is 66.4 Å². The number of carbonyl (C=O) groups excluding carboxylic acids is 3. The average Bonchev–Trinajstić information content (AvgIpc) is 3.37. The monoisotopic (exact) mass is 441 g/mol. The summed E-state index contributed by atoms with van der Waals surface area (Å²) >= 11 is 0. The van der Waals surface area contributed by atoms with E-state index in [0.717, 1.165) is 18.6 Å². The smallest absolute Gasteiger partial charge is 0.289 e. The Morgan fingerprint density at radius 1 is 1.03 bits per heavy atom. The molecule has 0 unspecified atom stereocenters. The fourth-order valence-electron chi connectivity index (χ4n) is 3.61. The first kappa shape index (κ1) is 23.4. The summed E-state index contributed by atoms with van der Waals surface area (Å²) in [6.07, 6.45) is 7.07. The number of furan rings is 1. The number of ether oxygens (including phenoxy) is 1. The number of hydrogen-bond donors (Lipinski definition) is 2. The van der Waals surface area contributed by atoms with Gasteiger partial charge in [-0.15, -0.1) is 0 Å². The summed E-state index contributed by atoms with van der Waals surface area (Å²) in [5, 5.41) is 0. The van der Waals surface area contributed by atoms with Crippen molar-refractivity contribution in [1.29, 1.82) is 0 Å². The molecule has 0 aliphatic carbocycles. The molecule has 0 bridgehead atoms. The molecule has 2 N–H and O–H groups in total. The highest BCUT2D eigenvalue weighted by molar-refractivity contribution is 5.95. The molecule has 2 heterocycles. The minimum atomic E-state index is -0.390. The topological polar surface area (TPSA) is 101 Å². The molecule has 0 radical (unpaired) electrons. The first-order chi connectivity index (χ1) is 15.6. The molecule has 0 atom stereocenters. The third kappa shape index (κ3) is 6.60. The number of hydrogen-bond acceptors (Lipinski definition) is 5. The van der Waals surface area contributed by atoms with Crippen LogP contribution in [0.3, 0.4) is 0 Å². The predicted octanol–water partition coefficient (Wildman–Crippen LogP) is 3.55. The van der Waals surface area contributed by atoms with Crippen LogP contribution in [0.4, 0.5) is 0 Å². The summed E-state index contributed by atoms with van der Waals surface area (Å²) in [4.78, 5) is 38.7. The maximum absolute atomic E-state index is 12.4. The van der Waals surface area contributed by atoms with Crippen LogP contribution in [-0.2, 0) is 4.79 Å². The van der Waals surface area contributed by atoms with Gasteiger partial charge in [0.25, 0.3) is 11.8 Å². The number of hydrazine groups is 1. The van der Waals surface area contributed by atoms with Crippen molar-refractivity contribution in [2.75, 3.05) is 19.7 Å². The van der Waals surface area contributed by atoms with Crippen LogP contribution in [0.2, 0.25) is 0 Å². The number of piperidine rings is 1. The van der Waals surface area contributed by atoms with Gasteiger partial charge >= 0.3 is 0 Å². The van der Waals surface area contributed by atoms with E-state index in [4.69, 9.17) is 9.15 Å². The molecule has 2 aromatic rings. The molecule has 3 rings (SSSR count). The molecule has 8 nitrogen and oxygen atoms in total. The molecule has 0 saturated carbocycles. The molecule has 1 aliphatic rings. The Bertz CT molecular complexity index is 872. The van der Waals surface area contributed by atoms with Crippen molar-refractivity contribution in [3.8, 4) is 5.75 Å². The van der Waals surface area contributed by atoms with Gasteiger partial charge in [-0.25, -0.2) is 0 Å².